The van der Waals surface area contributed by atoms with Crippen molar-refractivity contribution in [2.24, 2.45) is 5.92 Å². The zero-order valence-electron chi connectivity index (χ0n) is 19.0. The summed E-state index contributed by atoms with van der Waals surface area (Å²) in [7, 11) is 1.89. The molecule has 2 aliphatic rings. The van der Waals surface area contributed by atoms with Crippen molar-refractivity contribution >= 4 is 11.8 Å². The second-order valence-electron chi connectivity index (χ2n) is 8.84. The van der Waals surface area contributed by atoms with E-state index in [0.29, 0.717) is 13.2 Å². The lowest BCUT2D eigenvalue weighted by Crippen LogP contribution is -2.46. The van der Waals surface area contributed by atoms with E-state index in [1.54, 1.807) is 0 Å². The van der Waals surface area contributed by atoms with Crippen LogP contribution in [0.15, 0.2) is 24.3 Å². The van der Waals surface area contributed by atoms with Crippen LogP contribution in [0.4, 0.5) is 0 Å². The molecule has 0 aromatic heterocycles. The monoisotopic (exact) mass is 415 g/mol. The fourth-order valence-corrected chi connectivity index (χ4v) is 4.53. The molecule has 0 aliphatic carbocycles. The van der Waals surface area contributed by atoms with Crippen LogP contribution in [0.1, 0.15) is 58.1 Å². The zero-order valence-corrected chi connectivity index (χ0v) is 19.0. The smallest absolute Gasteiger partial charge is 0.237 e. The molecule has 0 bridgehead atoms. The summed E-state index contributed by atoms with van der Waals surface area (Å²) in [6.07, 6.45) is 3.73. The molecule has 2 aliphatic heterocycles. The summed E-state index contributed by atoms with van der Waals surface area (Å²) < 4.78 is 5.54. The van der Waals surface area contributed by atoms with Gasteiger partial charge in [-0.1, -0.05) is 12.1 Å². The first-order valence-corrected chi connectivity index (χ1v) is 11.4. The molecule has 0 N–H and O–H groups in total. The molecule has 1 aromatic rings. The van der Waals surface area contributed by atoms with E-state index >= 15 is 0 Å². The Balaban J connectivity index is 1.52. The molecular formula is C24H37N3O3. The van der Waals surface area contributed by atoms with Gasteiger partial charge in [0.05, 0.1) is 19.2 Å². The maximum absolute atomic E-state index is 13.1. The Hall–Kier alpha value is -2.08. The molecule has 0 radical (unpaired) electrons. The van der Waals surface area contributed by atoms with Crippen molar-refractivity contribution in [1.82, 2.24) is 14.7 Å². The molecule has 0 spiro atoms. The van der Waals surface area contributed by atoms with E-state index in [4.69, 9.17) is 4.74 Å². The molecule has 6 nitrogen and oxygen atoms in total. The van der Waals surface area contributed by atoms with Crippen molar-refractivity contribution in [3.05, 3.63) is 29.8 Å². The number of likely N-dealkylation sites (tertiary alicyclic amines) is 2. The van der Waals surface area contributed by atoms with E-state index in [2.05, 4.69) is 17.0 Å². The van der Waals surface area contributed by atoms with Gasteiger partial charge < -0.3 is 14.5 Å². The van der Waals surface area contributed by atoms with Crippen molar-refractivity contribution in [3.8, 4) is 5.75 Å². The molecule has 30 heavy (non-hydrogen) atoms. The Kier molecular flexibility index (Phi) is 7.75. The van der Waals surface area contributed by atoms with Crippen molar-refractivity contribution in [1.29, 1.82) is 0 Å². The van der Waals surface area contributed by atoms with Crippen LogP contribution in [0.25, 0.3) is 0 Å². The number of carbonyl (C=O) groups excluding carboxylic acids is 2. The van der Waals surface area contributed by atoms with Gasteiger partial charge in [-0.15, -0.1) is 0 Å². The molecule has 1 atom stereocenters. The molecular weight excluding hydrogens is 378 g/mol. The van der Waals surface area contributed by atoms with Gasteiger partial charge in [0.25, 0.3) is 0 Å². The number of rotatable bonds is 7. The minimum Gasteiger partial charge on any atom is -0.494 e. The van der Waals surface area contributed by atoms with Gasteiger partial charge in [0, 0.05) is 25.6 Å². The van der Waals surface area contributed by atoms with Gasteiger partial charge in [0.15, 0.2) is 0 Å². The maximum atomic E-state index is 13.1. The minimum absolute atomic E-state index is 0.0899. The second kappa shape index (κ2) is 10.3. The predicted octanol–water partition coefficient (Wildman–Crippen LogP) is 3.33. The van der Waals surface area contributed by atoms with E-state index in [0.717, 1.165) is 51.1 Å². The number of hydrogen-bond acceptors (Lipinski definition) is 4. The highest BCUT2D eigenvalue weighted by atomic mass is 16.5. The van der Waals surface area contributed by atoms with Crippen molar-refractivity contribution < 1.29 is 14.3 Å². The van der Waals surface area contributed by atoms with Gasteiger partial charge in [-0.3, -0.25) is 14.5 Å². The number of benzene rings is 1. The molecule has 3 rings (SSSR count). The molecule has 2 heterocycles. The van der Waals surface area contributed by atoms with Gasteiger partial charge in [0.1, 0.15) is 5.75 Å². The van der Waals surface area contributed by atoms with Crippen LogP contribution in [-0.2, 0) is 9.59 Å². The summed E-state index contributed by atoms with van der Waals surface area (Å²) in [4.78, 5) is 31.7. The van der Waals surface area contributed by atoms with Gasteiger partial charge in [0.2, 0.25) is 11.8 Å². The Bertz CT molecular complexity index is 711. The lowest BCUT2D eigenvalue weighted by Gasteiger charge is -2.35. The number of carbonyl (C=O) groups is 2. The summed E-state index contributed by atoms with van der Waals surface area (Å²) in [6.45, 7) is 9.63. The third-order valence-electron chi connectivity index (χ3n) is 6.57. The molecule has 2 fully saturated rings. The van der Waals surface area contributed by atoms with E-state index in [9.17, 15) is 9.59 Å². The number of nitrogens with zero attached hydrogens (tertiary/aromatic N) is 3. The number of hydrogen-bond donors (Lipinski definition) is 0. The zero-order chi connectivity index (χ0) is 21.7. The highest BCUT2D eigenvalue weighted by molar-refractivity contribution is 5.80. The quantitative estimate of drug-likeness (QED) is 0.686. The Morgan fingerprint density at radius 2 is 1.77 bits per heavy atom. The molecule has 2 saturated heterocycles. The number of amides is 2. The number of ether oxygens (including phenoxy) is 1. The average Bonchev–Trinajstić information content (AvgIpc) is 3.24. The summed E-state index contributed by atoms with van der Waals surface area (Å²) in [5.41, 5.74) is 1.19. The van der Waals surface area contributed by atoms with Crippen LogP contribution in [-0.4, -0.2) is 72.4 Å². The van der Waals surface area contributed by atoms with Gasteiger partial charge >= 0.3 is 0 Å². The Morgan fingerprint density at radius 1 is 1.10 bits per heavy atom. The van der Waals surface area contributed by atoms with Crippen LogP contribution < -0.4 is 4.74 Å². The van der Waals surface area contributed by atoms with Gasteiger partial charge in [-0.2, -0.15) is 0 Å². The Morgan fingerprint density at radius 3 is 2.37 bits per heavy atom. The van der Waals surface area contributed by atoms with Gasteiger partial charge in [-0.05, 0) is 77.2 Å². The van der Waals surface area contributed by atoms with Crippen LogP contribution in [0, 0.1) is 5.92 Å². The molecule has 1 aromatic carbocycles. The van der Waals surface area contributed by atoms with E-state index < -0.39 is 0 Å². The lowest BCUT2D eigenvalue weighted by molar-refractivity contribution is -0.137. The summed E-state index contributed by atoms with van der Waals surface area (Å²) >= 11 is 0. The van der Waals surface area contributed by atoms with Crippen molar-refractivity contribution in [2.75, 3.05) is 39.8 Å². The fraction of sp³-hybridized carbons (Fsp3) is 0.667. The van der Waals surface area contributed by atoms with Crippen LogP contribution in [0.2, 0.25) is 0 Å². The summed E-state index contributed by atoms with van der Waals surface area (Å²) in [5, 5.41) is 0. The van der Waals surface area contributed by atoms with Crippen molar-refractivity contribution in [2.45, 2.75) is 58.5 Å². The maximum Gasteiger partial charge on any atom is 0.237 e. The molecule has 2 amide bonds. The van der Waals surface area contributed by atoms with Crippen LogP contribution >= 0.6 is 0 Å². The third-order valence-corrected chi connectivity index (χ3v) is 6.57. The number of piperidine rings is 1. The molecule has 6 heteroatoms. The largest absolute Gasteiger partial charge is 0.494 e. The first-order valence-electron chi connectivity index (χ1n) is 11.4. The molecule has 1 unspecified atom stereocenters. The average molecular weight is 416 g/mol. The second-order valence-corrected chi connectivity index (χ2v) is 8.84. The standard InChI is InChI=1S/C24H37N3O3/c1-5-30-21-10-8-19(9-11-21)22-7-6-14-27(22)23(28)17-26-15-12-20(13-16-26)24(29)25(4)18(2)3/h8-11,18,20,22H,5-7,12-17H2,1-4H3. The van der Waals surface area contributed by atoms with E-state index in [-0.39, 0.29) is 29.8 Å². The van der Waals surface area contributed by atoms with Gasteiger partial charge in [-0.25, -0.2) is 0 Å². The van der Waals surface area contributed by atoms with Crippen LogP contribution in [0.3, 0.4) is 0 Å². The summed E-state index contributed by atoms with van der Waals surface area (Å²) in [5.74, 6) is 1.41. The normalized spacial score (nSPS) is 20.6. The van der Waals surface area contributed by atoms with E-state index in [1.807, 2.05) is 49.8 Å². The lowest BCUT2D eigenvalue weighted by atomic mass is 9.95. The van der Waals surface area contributed by atoms with Crippen molar-refractivity contribution in [3.63, 3.8) is 0 Å². The SMILES string of the molecule is CCOc1ccc(C2CCCN2C(=O)CN2CCC(C(=O)N(C)C(C)C)CC2)cc1. The first-order chi connectivity index (χ1) is 14.4. The van der Waals surface area contributed by atoms with E-state index in [1.165, 1.54) is 5.56 Å². The predicted molar refractivity (Wildman–Crippen MR) is 118 cm³/mol. The first kappa shape index (κ1) is 22.6. The molecule has 166 valence electrons. The highest BCUT2D eigenvalue weighted by Gasteiger charge is 2.33. The topological polar surface area (TPSA) is 53.1 Å². The fourth-order valence-electron chi connectivity index (χ4n) is 4.53. The molecule has 0 saturated carbocycles. The van der Waals surface area contributed by atoms with Crippen LogP contribution in [0.5, 0.6) is 5.75 Å². The summed E-state index contributed by atoms with van der Waals surface area (Å²) in [6, 6.07) is 8.55. The Labute approximate surface area is 181 Å². The third kappa shape index (κ3) is 5.34. The highest BCUT2D eigenvalue weighted by Crippen LogP contribution is 2.33. The minimum atomic E-state index is 0.0899.